The van der Waals surface area contributed by atoms with Gasteiger partial charge in [0.15, 0.2) is 0 Å². The third kappa shape index (κ3) is 3.88. The van der Waals surface area contributed by atoms with Crippen molar-refractivity contribution in [2.45, 2.75) is 17.7 Å². The molecule has 0 saturated carbocycles. The summed E-state index contributed by atoms with van der Waals surface area (Å²) in [4.78, 5) is 41.8. The van der Waals surface area contributed by atoms with Crippen molar-refractivity contribution in [1.82, 2.24) is 30.2 Å². The third-order valence-corrected chi connectivity index (χ3v) is 8.96. The number of carbonyl (C=O) groups excluding carboxylic acids is 1. The molecule has 0 fully saturated rings. The molecule has 0 bridgehead atoms. The van der Waals surface area contributed by atoms with Crippen molar-refractivity contribution in [3.63, 3.8) is 0 Å². The summed E-state index contributed by atoms with van der Waals surface area (Å²) < 4.78 is 29.5. The van der Waals surface area contributed by atoms with Crippen molar-refractivity contribution in [2.24, 2.45) is 0 Å². The van der Waals surface area contributed by atoms with Gasteiger partial charge in [0.1, 0.15) is 4.88 Å². The van der Waals surface area contributed by atoms with Crippen LogP contribution in [0.4, 0.5) is 11.6 Å². The van der Waals surface area contributed by atoms with Crippen molar-refractivity contribution in [2.75, 3.05) is 16.2 Å². The SMILES string of the molecule is O=C(Nc1nnn[nH]1)c1scc2[nH]c(=O)n(-c3cccc(S(=O)(=O)N4CCCc5ccccc54)c3)c(=O)c12. The highest BCUT2D eigenvalue weighted by Crippen LogP contribution is 2.32. The Morgan fingerprint density at radius 3 is 2.76 bits per heavy atom. The van der Waals surface area contributed by atoms with Crippen LogP contribution in [-0.4, -0.2) is 51.0 Å². The number of rotatable bonds is 5. The minimum atomic E-state index is -3.99. The van der Waals surface area contributed by atoms with Crippen LogP contribution in [0.1, 0.15) is 21.7 Å². The van der Waals surface area contributed by atoms with E-state index in [1.807, 2.05) is 12.1 Å². The number of nitrogens with zero attached hydrogens (tertiary/aromatic N) is 5. The van der Waals surface area contributed by atoms with Crippen LogP contribution in [0.25, 0.3) is 16.6 Å². The number of amides is 1. The minimum Gasteiger partial charge on any atom is -0.306 e. The molecule has 3 N–H and O–H groups in total. The Labute approximate surface area is 217 Å². The van der Waals surface area contributed by atoms with E-state index in [-0.39, 0.29) is 32.3 Å². The average molecular weight is 551 g/mol. The van der Waals surface area contributed by atoms with Gasteiger partial charge in [-0.05, 0) is 53.1 Å². The van der Waals surface area contributed by atoms with Gasteiger partial charge in [0, 0.05) is 11.9 Å². The van der Waals surface area contributed by atoms with Crippen molar-refractivity contribution >= 4 is 49.8 Å². The van der Waals surface area contributed by atoms with E-state index in [4.69, 9.17) is 0 Å². The normalized spacial score (nSPS) is 13.4. The molecule has 2 aromatic carbocycles. The fraction of sp³-hybridized carbons (Fsp3) is 0.130. The average Bonchev–Trinajstić information content (AvgIpc) is 3.58. The predicted molar refractivity (Wildman–Crippen MR) is 139 cm³/mol. The van der Waals surface area contributed by atoms with Crippen LogP contribution in [0, 0.1) is 0 Å². The first kappa shape index (κ1) is 23.7. The molecule has 0 radical (unpaired) electrons. The second-order valence-electron chi connectivity index (χ2n) is 8.43. The minimum absolute atomic E-state index is 0.0153. The molecule has 0 aliphatic carbocycles. The number of hydrogen-bond acceptors (Lipinski definition) is 9. The summed E-state index contributed by atoms with van der Waals surface area (Å²) in [6.07, 6.45) is 1.44. The lowest BCUT2D eigenvalue weighted by Gasteiger charge is -2.30. The number of aromatic amines is 2. The quantitative estimate of drug-likeness (QED) is 0.296. The smallest absolute Gasteiger partial charge is 0.306 e. The number of thiophene rings is 1. The first-order valence-electron chi connectivity index (χ1n) is 11.4. The molecule has 4 heterocycles. The summed E-state index contributed by atoms with van der Waals surface area (Å²) in [6, 6.07) is 12.9. The molecule has 1 aliphatic heterocycles. The van der Waals surface area contributed by atoms with Crippen LogP contribution in [0.5, 0.6) is 0 Å². The number of carbonyl (C=O) groups is 1. The monoisotopic (exact) mass is 550 g/mol. The molecule has 3 aromatic heterocycles. The summed E-state index contributed by atoms with van der Waals surface area (Å²) in [5.41, 5.74) is 0.211. The largest absolute Gasteiger partial charge is 0.333 e. The van der Waals surface area contributed by atoms with Gasteiger partial charge in [0.25, 0.3) is 21.5 Å². The Hall–Kier alpha value is -4.63. The Kier molecular flexibility index (Phi) is 5.65. The van der Waals surface area contributed by atoms with E-state index in [0.717, 1.165) is 27.9 Å². The second-order valence-corrected chi connectivity index (χ2v) is 11.2. The molecule has 1 aliphatic rings. The Morgan fingerprint density at radius 2 is 1.95 bits per heavy atom. The van der Waals surface area contributed by atoms with E-state index < -0.39 is 27.2 Å². The summed E-state index contributed by atoms with van der Waals surface area (Å²) in [7, 11) is -3.99. The number of benzene rings is 2. The van der Waals surface area contributed by atoms with Crippen LogP contribution in [0.3, 0.4) is 0 Å². The fourth-order valence-corrected chi connectivity index (χ4v) is 6.94. The molecule has 38 heavy (non-hydrogen) atoms. The van der Waals surface area contributed by atoms with E-state index in [1.165, 1.54) is 34.0 Å². The van der Waals surface area contributed by atoms with Crippen LogP contribution in [-0.2, 0) is 16.4 Å². The molecule has 6 rings (SSSR count). The maximum Gasteiger partial charge on any atom is 0.333 e. The first-order chi connectivity index (χ1) is 18.3. The van der Waals surface area contributed by atoms with Gasteiger partial charge in [-0.2, -0.15) is 0 Å². The van der Waals surface area contributed by atoms with Crippen molar-refractivity contribution in [3.05, 3.63) is 85.2 Å². The zero-order valence-electron chi connectivity index (χ0n) is 19.4. The van der Waals surface area contributed by atoms with Crippen LogP contribution in [0.15, 0.2) is 68.4 Å². The van der Waals surface area contributed by atoms with Gasteiger partial charge in [-0.1, -0.05) is 29.4 Å². The molecule has 1 amide bonds. The van der Waals surface area contributed by atoms with Gasteiger partial charge < -0.3 is 4.98 Å². The molecule has 5 aromatic rings. The molecule has 13 nitrogen and oxygen atoms in total. The zero-order valence-corrected chi connectivity index (χ0v) is 21.0. The molecular formula is C23H18N8O5S2. The summed E-state index contributed by atoms with van der Waals surface area (Å²) in [5, 5.41) is 16.6. The Morgan fingerprint density at radius 1 is 1.11 bits per heavy atom. The number of para-hydroxylation sites is 1. The molecule has 0 saturated heterocycles. The molecule has 192 valence electrons. The number of fused-ring (bicyclic) bond motifs is 2. The number of aryl methyl sites for hydroxylation is 1. The van der Waals surface area contributed by atoms with Gasteiger partial charge in [-0.3, -0.25) is 19.2 Å². The van der Waals surface area contributed by atoms with Crippen molar-refractivity contribution < 1.29 is 13.2 Å². The molecule has 15 heteroatoms. The number of nitrogens with one attached hydrogen (secondary N) is 3. The second kappa shape index (κ2) is 9.04. The van der Waals surface area contributed by atoms with E-state index in [1.54, 1.807) is 12.1 Å². The highest BCUT2D eigenvalue weighted by atomic mass is 32.2. The number of anilines is 2. The maximum absolute atomic E-state index is 13.7. The van der Waals surface area contributed by atoms with Crippen LogP contribution < -0.4 is 20.9 Å². The van der Waals surface area contributed by atoms with E-state index in [9.17, 15) is 22.8 Å². The topological polar surface area (TPSA) is 176 Å². The summed E-state index contributed by atoms with van der Waals surface area (Å²) in [5.74, 6) is -0.669. The predicted octanol–water partition coefficient (Wildman–Crippen LogP) is 1.65. The molecule has 0 unspecified atom stereocenters. The maximum atomic E-state index is 13.7. The Bertz CT molecular complexity index is 1930. The molecule has 0 atom stereocenters. The number of hydrogen-bond donors (Lipinski definition) is 3. The lowest BCUT2D eigenvalue weighted by molar-refractivity contribution is 0.103. The van der Waals surface area contributed by atoms with E-state index in [2.05, 4.69) is 30.9 Å². The summed E-state index contributed by atoms with van der Waals surface area (Å²) >= 11 is 0.959. The van der Waals surface area contributed by atoms with Crippen molar-refractivity contribution in [1.29, 1.82) is 0 Å². The summed E-state index contributed by atoms with van der Waals surface area (Å²) in [6.45, 7) is 0.310. The standard InChI is InChI=1S/C23H18N8O5S2/c32-20(25-22-26-28-29-27-22)19-18-16(12-37-19)24-23(34)31(21(18)33)14-7-3-8-15(11-14)38(35,36)30-10-4-6-13-5-1-2-9-17(13)30/h1-3,5,7-9,11-12H,4,6,10H2,(H,24,34)(H2,25,26,27,28,29,32). The first-order valence-corrected chi connectivity index (χ1v) is 13.7. The third-order valence-electron chi connectivity index (χ3n) is 6.17. The Balaban J connectivity index is 1.44. The fourth-order valence-electron chi connectivity index (χ4n) is 4.47. The molecule has 0 spiro atoms. The van der Waals surface area contributed by atoms with E-state index in [0.29, 0.717) is 18.7 Å². The van der Waals surface area contributed by atoms with Gasteiger partial charge >= 0.3 is 5.69 Å². The lowest BCUT2D eigenvalue weighted by atomic mass is 10.0. The number of tetrazole rings is 1. The number of H-pyrrole nitrogens is 2. The highest BCUT2D eigenvalue weighted by Gasteiger charge is 2.29. The zero-order chi connectivity index (χ0) is 26.4. The van der Waals surface area contributed by atoms with Crippen LogP contribution >= 0.6 is 11.3 Å². The van der Waals surface area contributed by atoms with Gasteiger partial charge in [0.2, 0.25) is 5.95 Å². The molecular weight excluding hydrogens is 532 g/mol. The van der Waals surface area contributed by atoms with Crippen LogP contribution in [0.2, 0.25) is 0 Å². The van der Waals surface area contributed by atoms with Gasteiger partial charge in [-0.15, -0.1) is 11.3 Å². The van der Waals surface area contributed by atoms with E-state index >= 15 is 0 Å². The van der Waals surface area contributed by atoms with Gasteiger partial charge in [-0.25, -0.2) is 22.9 Å². The number of sulfonamides is 1. The van der Waals surface area contributed by atoms with Crippen molar-refractivity contribution in [3.8, 4) is 5.69 Å². The lowest BCUT2D eigenvalue weighted by Crippen LogP contribution is -2.36. The highest BCUT2D eigenvalue weighted by molar-refractivity contribution is 7.92. The van der Waals surface area contributed by atoms with Gasteiger partial charge in [0.05, 0.1) is 27.2 Å². The number of aromatic nitrogens is 6.